The Bertz CT molecular complexity index is 732. The highest BCUT2D eigenvalue weighted by Gasteiger charge is 2.14. The van der Waals surface area contributed by atoms with Crippen LogP contribution < -0.4 is 5.56 Å². The van der Waals surface area contributed by atoms with Crippen LogP contribution in [-0.2, 0) is 6.42 Å². The van der Waals surface area contributed by atoms with Gasteiger partial charge >= 0.3 is 0 Å². The Balaban J connectivity index is 2.83. The van der Waals surface area contributed by atoms with Gasteiger partial charge in [-0.15, -0.1) is 0 Å². The van der Waals surface area contributed by atoms with Gasteiger partial charge in [-0.2, -0.15) is 0 Å². The Morgan fingerprint density at radius 1 is 1.10 bits per heavy atom. The van der Waals surface area contributed by atoms with Crippen LogP contribution >= 0.6 is 11.6 Å². The SMILES string of the molecule is CCc1c(C)cc(O)n(-c2cc(C)c(Cl)cc2C)c1=O. The smallest absolute Gasteiger partial charge is 0.261 e. The molecule has 0 radical (unpaired) electrons. The maximum Gasteiger partial charge on any atom is 0.261 e. The minimum absolute atomic E-state index is 0.0467. The van der Waals surface area contributed by atoms with Gasteiger partial charge in [0.15, 0.2) is 5.88 Å². The first kappa shape index (κ1) is 14.7. The number of hydrogen-bond acceptors (Lipinski definition) is 2. The minimum Gasteiger partial charge on any atom is -0.494 e. The van der Waals surface area contributed by atoms with Crippen molar-refractivity contribution in [2.24, 2.45) is 0 Å². The normalized spacial score (nSPS) is 10.8. The predicted molar refractivity (Wildman–Crippen MR) is 82.3 cm³/mol. The average molecular weight is 292 g/mol. The first-order chi connectivity index (χ1) is 9.36. The van der Waals surface area contributed by atoms with E-state index >= 15 is 0 Å². The van der Waals surface area contributed by atoms with Gasteiger partial charge in [-0.3, -0.25) is 4.79 Å². The fourth-order valence-corrected chi connectivity index (χ4v) is 2.64. The van der Waals surface area contributed by atoms with Crippen molar-refractivity contribution < 1.29 is 5.11 Å². The van der Waals surface area contributed by atoms with Crippen LogP contribution in [0.3, 0.4) is 0 Å². The molecule has 1 aromatic carbocycles. The summed E-state index contributed by atoms with van der Waals surface area (Å²) in [5.41, 5.74) is 3.75. The fourth-order valence-electron chi connectivity index (χ4n) is 2.42. The van der Waals surface area contributed by atoms with E-state index in [1.54, 1.807) is 6.07 Å². The van der Waals surface area contributed by atoms with Gasteiger partial charge in [-0.1, -0.05) is 18.5 Å². The zero-order valence-corrected chi connectivity index (χ0v) is 12.9. The molecule has 106 valence electrons. The largest absolute Gasteiger partial charge is 0.494 e. The summed E-state index contributed by atoms with van der Waals surface area (Å²) in [6.45, 7) is 7.52. The van der Waals surface area contributed by atoms with E-state index in [2.05, 4.69) is 0 Å². The zero-order chi connectivity index (χ0) is 15.0. The lowest BCUT2D eigenvalue weighted by molar-refractivity contribution is 0.433. The number of pyridine rings is 1. The lowest BCUT2D eigenvalue weighted by Gasteiger charge is -2.15. The third-order valence-corrected chi connectivity index (χ3v) is 3.99. The molecular formula is C16H18ClNO2. The quantitative estimate of drug-likeness (QED) is 0.917. The Morgan fingerprint density at radius 2 is 1.75 bits per heavy atom. The molecule has 2 aromatic rings. The lowest BCUT2D eigenvalue weighted by atomic mass is 10.1. The third kappa shape index (κ3) is 2.34. The zero-order valence-electron chi connectivity index (χ0n) is 12.1. The molecule has 0 saturated carbocycles. The van der Waals surface area contributed by atoms with Gasteiger partial charge in [0.1, 0.15) is 0 Å². The van der Waals surface area contributed by atoms with Crippen LogP contribution in [0.25, 0.3) is 5.69 Å². The molecule has 0 amide bonds. The van der Waals surface area contributed by atoms with Crippen molar-refractivity contribution >= 4 is 11.6 Å². The highest BCUT2D eigenvalue weighted by atomic mass is 35.5. The van der Waals surface area contributed by atoms with Crippen LogP contribution in [0.4, 0.5) is 0 Å². The summed E-state index contributed by atoms with van der Waals surface area (Å²) in [4.78, 5) is 12.6. The average Bonchev–Trinajstić information content (AvgIpc) is 2.35. The molecule has 0 aliphatic rings. The van der Waals surface area contributed by atoms with Crippen LogP contribution in [-0.4, -0.2) is 9.67 Å². The van der Waals surface area contributed by atoms with E-state index in [1.165, 1.54) is 4.57 Å². The molecule has 0 aliphatic carbocycles. The fraction of sp³-hybridized carbons (Fsp3) is 0.312. The second-order valence-electron chi connectivity index (χ2n) is 5.05. The van der Waals surface area contributed by atoms with Crippen molar-refractivity contribution in [1.82, 2.24) is 4.57 Å². The van der Waals surface area contributed by atoms with Crippen molar-refractivity contribution in [2.45, 2.75) is 34.1 Å². The van der Waals surface area contributed by atoms with Gasteiger partial charge in [-0.25, -0.2) is 4.57 Å². The number of nitrogens with zero attached hydrogens (tertiary/aromatic N) is 1. The monoisotopic (exact) mass is 291 g/mol. The second-order valence-corrected chi connectivity index (χ2v) is 5.45. The summed E-state index contributed by atoms with van der Waals surface area (Å²) in [5.74, 6) is -0.0467. The Morgan fingerprint density at radius 3 is 2.35 bits per heavy atom. The van der Waals surface area contributed by atoms with E-state index < -0.39 is 0 Å². The summed E-state index contributed by atoms with van der Waals surface area (Å²) >= 11 is 6.09. The topological polar surface area (TPSA) is 42.2 Å². The second kappa shape index (κ2) is 5.33. The Labute approximate surface area is 123 Å². The first-order valence-corrected chi connectivity index (χ1v) is 6.96. The lowest BCUT2D eigenvalue weighted by Crippen LogP contribution is -2.23. The molecule has 0 unspecified atom stereocenters. The molecule has 0 saturated heterocycles. The van der Waals surface area contributed by atoms with E-state index in [0.717, 1.165) is 22.3 Å². The van der Waals surface area contributed by atoms with Crippen molar-refractivity contribution in [2.75, 3.05) is 0 Å². The highest BCUT2D eigenvalue weighted by molar-refractivity contribution is 6.31. The molecule has 1 heterocycles. The van der Waals surface area contributed by atoms with Crippen molar-refractivity contribution in [3.8, 4) is 11.6 Å². The first-order valence-electron chi connectivity index (χ1n) is 6.58. The molecule has 4 heteroatoms. The number of hydrogen-bond donors (Lipinski definition) is 1. The van der Waals surface area contributed by atoms with Gasteiger partial charge in [0.25, 0.3) is 5.56 Å². The number of benzene rings is 1. The van der Waals surface area contributed by atoms with Crippen LogP contribution in [0.2, 0.25) is 5.02 Å². The molecule has 1 aromatic heterocycles. The highest BCUT2D eigenvalue weighted by Crippen LogP contribution is 2.26. The third-order valence-electron chi connectivity index (χ3n) is 3.58. The molecule has 1 N–H and O–H groups in total. The Kier molecular flexibility index (Phi) is 3.91. The predicted octanol–water partition coefficient (Wildman–Crippen LogP) is 3.68. The maximum absolute atomic E-state index is 12.6. The van der Waals surface area contributed by atoms with E-state index in [9.17, 15) is 9.90 Å². The summed E-state index contributed by atoms with van der Waals surface area (Å²) < 4.78 is 1.35. The van der Waals surface area contributed by atoms with Crippen LogP contribution in [0.1, 0.15) is 29.2 Å². The Hall–Kier alpha value is -1.74. The number of rotatable bonds is 2. The van der Waals surface area contributed by atoms with E-state index in [0.29, 0.717) is 17.1 Å². The molecule has 20 heavy (non-hydrogen) atoms. The summed E-state index contributed by atoms with van der Waals surface area (Å²) in [7, 11) is 0. The molecule has 3 nitrogen and oxygen atoms in total. The van der Waals surface area contributed by atoms with Crippen molar-refractivity contribution in [3.63, 3.8) is 0 Å². The van der Waals surface area contributed by atoms with Crippen molar-refractivity contribution in [1.29, 1.82) is 0 Å². The number of aromatic hydroxyl groups is 1. The number of aromatic nitrogens is 1. The maximum atomic E-state index is 12.6. The molecule has 0 aliphatic heterocycles. The summed E-state index contributed by atoms with van der Waals surface area (Å²) in [5, 5.41) is 10.8. The molecule has 2 rings (SSSR count). The van der Waals surface area contributed by atoms with Gasteiger partial charge in [0.05, 0.1) is 5.69 Å². The molecule has 0 spiro atoms. The molecule has 0 bridgehead atoms. The molecular weight excluding hydrogens is 274 g/mol. The number of aryl methyl sites for hydroxylation is 3. The van der Waals surface area contributed by atoms with Gasteiger partial charge in [0.2, 0.25) is 0 Å². The minimum atomic E-state index is -0.171. The summed E-state index contributed by atoms with van der Waals surface area (Å²) in [6.07, 6.45) is 0.635. The van der Waals surface area contributed by atoms with Gasteiger partial charge in [0, 0.05) is 16.7 Å². The van der Waals surface area contributed by atoms with Gasteiger partial charge < -0.3 is 5.11 Å². The summed E-state index contributed by atoms with van der Waals surface area (Å²) in [6, 6.07) is 5.26. The van der Waals surface area contributed by atoms with Crippen LogP contribution in [0, 0.1) is 20.8 Å². The van der Waals surface area contributed by atoms with Crippen LogP contribution in [0.5, 0.6) is 5.88 Å². The standard InChI is InChI=1S/C16H18ClNO2/c1-5-12-9(2)8-15(19)18(16(12)20)14-7-10(3)13(17)6-11(14)4/h6-8,19H,5H2,1-4H3. The van der Waals surface area contributed by atoms with E-state index in [1.807, 2.05) is 39.8 Å². The number of halogens is 1. The van der Waals surface area contributed by atoms with Crippen LogP contribution in [0.15, 0.2) is 23.0 Å². The van der Waals surface area contributed by atoms with E-state index in [-0.39, 0.29) is 11.4 Å². The molecule has 0 fully saturated rings. The molecule has 0 atom stereocenters. The van der Waals surface area contributed by atoms with Crippen molar-refractivity contribution in [3.05, 3.63) is 55.8 Å². The van der Waals surface area contributed by atoms with E-state index in [4.69, 9.17) is 11.6 Å². The van der Waals surface area contributed by atoms with Gasteiger partial charge in [-0.05, 0) is 56.0 Å².